The topological polar surface area (TPSA) is 32.3 Å². The van der Waals surface area contributed by atoms with Crippen LogP contribution in [0.4, 0.5) is 8.78 Å². The van der Waals surface area contributed by atoms with Gasteiger partial charge in [-0.1, -0.05) is 0 Å². The highest BCUT2D eigenvalue weighted by molar-refractivity contribution is 5.83. The molecule has 2 saturated heterocycles. The summed E-state index contributed by atoms with van der Waals surface area (Å²) in [7, 11) is 0. The first-order valence-corrected chi connectivity index (χ1v) is 4.96. The van der Waals surface area contributed by atoms with Gasteiger partial charge < -0.3 is 10.2 Å². The summed E-state index contributed by atoms with van der Waals surface area (Å²) in [5.74, 6) is -1.77. The number of halogens is 2. The Morgan fingerprint density at radius 1 is 1.29 bits per heavy atom. The highest BCUT2D eigenvalue weighted by Gasteiger charge is 2.60. The van der Waals surface area contributed by atoms with Gasteiger partial charge in [0.1, 0.15) is 0 Å². The standard InChI is InChI=1S/C9H12F2N2O/c10-9(11)3-13(4-9)8(14)7-5-1-12-2-6(5)7/h5-7,12H,1-4H2/t5-,6+,7?. The van der Waals surface area contributed by atoms with E-state index in [2.05, 4.69) is 5.32 Å². The summed E-state index contributed by atoms with van der Waals surface area (Å²) in [5.41, 5.74) is 0. The van der Waals surface area contributed by atoms with Crippen molar-refractivity contribution in [2.75, 3.05) is 26.2 Å². The molecule has 1 unspecified atom stereocenters. The zero-order valence-corrected chi connectivity index (χ0v) is 7.67. The molecule has 5 heteroatoms. The first-order chi connectivity index (χ1) is 6.58. The molecule has 1 amide bonds. The quantitative estimate of drug-likeness (QED) is 0.645. The Morgan fingerprint density at radius 2 is 1.86 bits per heavy atom. The van der Waals surface area contributed by atoms with Crippen LogP contribution in [-0.4, -0.2) is 42.9 Å². The van der Waals surface area contributed by atoms with Gasteiger partial charge in [0.05, 0.1) is 13.1 Å². The summed E-state index contributed by atoms with van der Waals surface area (Å²) in [6, 6.07) is 0. The number of piperidine rings is 1. The van der Waals surface area contributed by atoms with Crippen LogP contribution >= 0.6 is 0 Å². The van der Waals surface area contributed by atoms with Crippen LogP contribution in [0.15, 0.2) is 0 Å². The van der Waals surface area contributed by atoms with Crippen molar-refractivity contribution in [3.8, 4) is 0 Å². The minimum atomic E-state index is -2.63. The van der Waals surface area contributed by atoms with Crippen molar-refractivity contribution in [1.29, 1.82) is 0 Å². The van der Waals surface area contributed by atoms with Gasteiger partial charge in [0, 0.05) is 5.92 Å². The average molecular weight is 202 g/mol. The van der Waals surface area contributed by atoms with Crippen molar-refractivity contribution in [3.05, 3.63) is 0 Å². The Labute approximate surface area is 80.4 Å². The highest BCUT2D eigenvalue weighted by atomic mass is 19.3. The number of carbonyl (C=O) groups excluding carboxylic acids is 1. The van der Waals surface area contributed by atoms with Gasteiger partial charge in [-0.2, -0.15) is 0 Å². The van der Waals surface area contributed by atoms with E-state index in [1.54, 1.807) is 0 Å². The molecule has 78 valence electrons. The fraction of sp³-hybridized carbons (Fsp3) is 0.889. The van der Waals surface area contributed by atoms with Gasteiger partial charge in [-0.25, -0.2) is 8.78 Å². The number of amides is 1. The van der Waals surface area contributed by atoms with Crippen molar-refractivity contribution in [2.45, 2.75) is 5.92 Å². The summed E-state index contributed by atoms with van der Waals surface area (Å²) in [6.45, 7) is 1.03. The third kappa shape index (κ3) is 1.08. The molecule has 3 aliphatic rings. The summed E-state index contributed by atoms with van der Waals surface area (Å²) >= 11 is 0. The lowest BCUT2D eigenvalue weighted by atomic mass is 10.1. The Balaban J connectivity index is 1.58. The maximum absolute atomic E-state index is 12.5. The fourth-order valence-corrected chi connectivity index (χ4v) is 2.66. The van der Waals surface area contributed by atoms with Crippen LogP contribution in [-0.2, 0) is 4.79 Å². The normalized spacial score (nSPS) is 43.0. The zero-order chi connectivity index (χ0) is 9.92. The maximum Gasteiger partial charge on any atom is 0.282 e. The second-order valence-electron chi connectivity index (χ2n) is 4.56. The first-order valence-electron chi connectivity index (χ1n) is 4.96. The molecule has 0 aromatic heterocycles. The van der Waals surface area contributed by atoms with Gasteiger partial charge >= 0.3 is 0 Å². The van der Waals surface area contributed by atoms with E-state index in [1.165, 1.54) is 4.90 Å². The molecule has 3 nitrogen and oxygen atoms in total. The van der Waals surface area contributed by atoms with Crippen molar-refractivity contribution in [2.24, 2.45) is 17.8 Å². The minimum absolute atomic E-state index is 0.0485. The van der Waals surface area contributed by atoms with Gasteiger partial charge in [-0.15, -0.1) is 0 Å². The molecule has 0 radical (unpaired) electrons. The van der Waals surface area contributed by atoms with Crippen molar-refractivity contribution in [1.82, 2.24) is 10.2 Å². The number of nitrogens with one attached hydrogen (secondary N) is 1. The van der Waals surface area contributed by atoms with E-state index < -0.39 is 5.92 Å². The molecule has 1 aliphatic carbocycles. The fourth-order valence-electron chi connectivity index (χ4n) is 2.66. The number of alkyl halides is 2. The van der Waals surface area contributed by atoms with E-state index in [-0.39, 0.29) is 24.9 Å². The molecule has 0 aromatic carbocycles. The molecule has 2 aliphatic heterocycles. The molecule has 1 N–H and O–H groups in total. The summed E-state index contributed by atoms with van der Waals surface area (Å²) in [4.78, 5) is 12.9. The van der Waals surface area contributed by atoms with Crippen LogP contribution in [0.5, 0.6) is 0 Å². The lowest BCUT2D eigenvalue weighted by Crippen LogP contribution is -2.59. The zero-order valence-electron chi connectivity index (χ0n) is 7.67. The Bertz CT molecular complexity index is 277. The highest BCUT2D eigenvalue weighted by Crippen LogP contribution is 2.50. The first kappa shape index (κ1) is 8.59. The van der Waals surface area contributed by atoms with Crippen LogP contribution in [0.1, 0.15) is 0 Å². The minimum Gasteiger partial charge on any atom is -0.330 e. The number of carbonyl (C=O) groups is 1. The average Bonchev–Trinajstić information content (AvgIpc) is 2.54. The molecule has 1 saturated carbocycles. The largest absolute Gasteiger partial charge is 0.330 e. The smallest absolute Gasteiger partial charge is 0.282 e. The molecule has 14 heavy (non-hydrogen) atoms. The van der Waals surface area contributed by atoms with Gasteiger partial charge in [0.2, 0.25) is 5.91 Å². The number of hydrogen-bond donors (Lipinski definition) is 1. The van der Waals surface area contributed by atoms with Crippen LogP contribution in [0.2, 0.25) is 0 Å². The predicted octanol–water partition coefficient (Wildman–Crippen LogP) is -0.0707. The Kier molecular flexibility index (Phi) is 1.50. The third-order valence-corrected chi connectivity index (χ3v) is 3.53. The molecular weight excluding hydrogens is 190 g/mol. The lowest BCUT2D eigenvalue weighted by Gasteiger charge is -2.39. The molecular formula is C9H12F2N2O. The number of fused-ring (bicyclic) bond motifs is 1. The van der Waals surface area contributed by atoms with E-state index in [0.717, 1.165) is 13.1 Å². The summed E-state index contributed by atoms with van der Waals surface area (Å²) in [6.07, 6.45) is 0. The molecule has 2 heterocycles. The van der Waals surface area contributed by atoms with Crippen LogP contribution in [0.3, 0.4) is 0 Å². The number of likely N-dealkylation sites (tertiary alicyclic amines) is 1. The SMILES string of the molecule is O=C(C1[C@H]2CNC[C@@H]12)N1CC(F)(F)C1. The lowest BCUT2D eigenvalue weighted by molar-refractivity contribution is -0.167. The van der Waals surface area contributed by atoms with Crippen molar-refractivity contribution >= 4 is 5.91 Å². The molecule has 3 atom stereocenters. The molecule has 0 bridgehead atoms. The number of hydrogen-bond acceptors (Lipinski definition) is 2. The monoisotopic (exact) mass is 202 g/mol. The van der Waals surface area contributed by atoms with Gasteiger partial charge in [-0.3, -0.25) is 4.79 Å². The summed E-state index contributed by atoms with van der Waals surface area (Å²) in [5, 5.41) is 3.18. The number of rotatable bonds is 1. The second-order valence-corrected chi connectivity index (χ2v) is 4.56. The molecule has 3 fully saturated rings. The molecule has 0 spiro atoms. The van der Waals surface area contributed by atoms with Gasteiger partial charge in [0.25, 0.3) is 5.92 Å². The second kappa shape index (κ2) is 2.45. The molecule has 3 rings (SSSR count). The Hall–Kier alpha value is -0.710. The van der Waals surface area contributed by atoms with Crippen LogP contribution in [0, 0.1) is 17.8 Å². The van der Waals surface area contributed by atoms with Crippen molar-refractivity contribution < 1.29 is 13.6 Å². The number of nitrogens with zero attached hydrogens (tertiary/aromatic N) is 1. The maximum atomic E-state index is 12.5. The van der Waals surface area contributed by atoms with Crippen LogP contribution in [0.25, 0.3) is 0 Å². The van der Waals surface area contributed by atoms with Crippen molar-refractivity contribution in [3.63, 3.8) is 0 Å². The van der Waals surface area contributed by atoms with E-state index in [9.17, 15) is 13.6 Å². The van der Waals surface area contributed by atoms with E-state index >= 15 is 0 Å². The Morgan fingerprint density at radius 3 is 2.36 bits per heavy atom. The summed E-state index contributed by atoms with van der Waals surface area (Å²) < 4.78 is 25.0. The van der Waals surface area contributed by atoms with E-state index in [4.69, 9.17) is 0 Å². The van der Waals surface area contributed by atoms with Gasteiger partial charge in [0.15, 0.2) is 0 Å². The van der Waals surface area contributed by atoms with E-state index in [0.29, 0.717) is 11.8 Å². The van der Waals surface area contributed by atoms with Gasteiger partial charge in [-0.05, 0) is 24.9 Å². The predicted molar refractivity (Wildman–Crippen MR) is 44.9 cm³/mol. The van der Waals surface area contributed by atoms with Crippen LogP contribution < -0.4 is 5.32 Å². The third-order valence-electron chi connectivity index (χ3n) is 3.53. The molecule has 0 aromatic rings. The van der Waals surface area contributed by atoms with E-state index in [1.807, 2.05) is 0 Å².